The molecule has 1 aromatic heterocycles. The quantitative estimate of drug-likeness (QED) is 0.783. The summed E-state index contributed by atoms with van der Waals surface area (Å²) >= 11 is 0. The Morgan fingerprint density at radius 1 is 1.25 bits per heavy atom. The fraction of sp³-hybridized carbons (Fsp3) is 0.250. The lowest BCUT2D eigenvalue weighted by Gasteiger charge is -2.22. The van der Waals surface area contributed by atoms with Crippen molar-refractivity contribution >= 4 is 5.91 Å². The van der Waals surface area contributed by atoms with Gasteiger partial charge in [-0.3, -0.25) is 4.79 Å². The van der Waals surface area contributed by atoms with Crippen LogP contribution in [0.25, 0.3) is 0 Å². The number of carbonyl (C=O) groups is 1. The van der Waals surface area contributed by atoms with Crippen molar-refractivity contribution in [3.05, 3.63) is 65.7 Å². The van der Waals surface area contributed by atoms with Crippen molar-refractivity contribution in [2.45, 2.75) is 19.9 Å². The second-order valence-corrected chi connectivity index (χ2v) is 4.58. The van der Waals surface area contributed by atoms with E-state index in [0.29, 0.717) is 18.7 Å². The van der Waals surface area contributed by atoms with E-state index >= 15 is 0 Å². The van der Waals surface area contributed by atoms with E-state index in [1.807, 2.05) is 37.3 Å². The fourth-order valence-electron chi connectivity index (χ4n) is 2.04. The highest BCUT2D eigenvalue weighted by atomic mass is 19.1. The third-order valence-corrected chi connectivity index (χ3v) is 2.97. The summed E-state index contributed by atoms with van der Waals surface area (Å²) in [5, 5.41) is 0. The van der Waals surface area contributed by atoms with Crippen LogP contribution in [-0.2, 0) is 6.54 Å². The highest BCUT2D eigenvalue weighted by Gasteiger charge is 2.16. The van der Waals surface area contributed by atoms with E-state index in [9.17, 15) is 9.18 Å². The first kappa shape index (κ1) is 14.2. The number of halogens is 1. The molecule has 20 heavy (non-hydrogen) atoms. The van der Waals surface area contributed by atoms with Crippen LogP contribution in [0.3, 0.4) is 0 Å². The highest BCUT2D eigenvalue weighted by molar-refractivity contribution is 5.94. The maximum Gasteiger partial charge on any atom is 0.254 e. The van der Waals surface area contributed by atoms with Gasteiger partial charge in [0.1, 0.15) is 0 Å². The molecule has 1 heterocycles. The molecule has 2 rings (SSSR count). The molecule has 3 nitrogen and oxygen atoms in total. The molecule has 0 radical (unpaired) electrons. The third kappa shape index (κ3) is 3.63. The van der Waals surface area contributed by atoms with E-state index in [1.165, 1.54) is 12.3 Å². The zero-order chi connectivity index (χ0) is 14.4. The molecular weight excluding hydrogens is 255 g/mol. The van der Waals surface area contributed by atoms with Gasteiger partial charge in [0.05, 0.1) is 0 Å². The molecule has 0 spiro atoms. The number of hydrogen-bond acceptors (Lipinski definition) is 2. The molecule has 2 aromatic rings. The first-order chi connectivity index (χ1) is 9.70. The Morgan fingerprint density at radius 3 is 2.65 bits per heavy atom. The Balaban J connectivity index is 2.18. The van der Waals surface area contributed by atoms with Crippen molar-refractivity contribution in [1.29, 1.82) is 0 Å². The molecule has 0 atom stereocenters. The number of aromatic nitrogens is 1. The summed E-state index contributed by atoms with van der Waals surface area (Å²) in [6, 6.07) is 12.5. The van der Waals surface area contributed by atoms with Gasteiger partial charge < -0.3 is 4.90 Å². The Kier molecular flexibility index (Phi) is 4.82. The average molecular weight is 272 g/mol. The van der Waals surface area contributed by atoms with Crippen LogP contribution in [0.15, 0.2) is 48.7 Å². The van der Waals surface area contributed by atoms with Crippen molar-refractivity contribution in [3.63, 3.8) is 0 Å². The first-order valence-corrected chi connectivity index (χ1v) is 6.65. The molecule has 0 saturated heterocycles. The summed E-state index contributed by atoms with van der Waals surface area (Å²) in [6.07, 6.45) is 2.17. The lowest BCUT2D eigenvalue weighted by molar-refractivity contribution is 0.0742. The Bertz CT molecular complexity index is 572. The van der Waals surface area contributed by atoms with E-state index in [4.69, 9.17) is 0 Å². The zero-order valence-electron chi connectivity index (χ0n) is 11.4. The minimum atomic E-state index is -0.632. The van der Waals surface area contributed by atoms with Gasteiger partial charge in [0.25, 0.3) is 5.91 Å². The maximum atomic E-state index is 13.1. The summed E-state index contributed by atoms with van der Waals surface area (Å²) < 4.78 is 13.1. The van der Waals surface area contributed by atoms with Gasteiger partial charge in [-0.05, 0) is 18.1 Å². The Labute approximate surface area is 118 Å². The van der Waals surface area contributed by atoms with E-state index < -0.39 is 5.95 Å². The van der Waals surface area contributed by atoms with Crippen LogP contribution < -0.4 is 0 Å². The standard InChI is InChI=1S/C16H17FN2O/c1-2-10-19(12-13-6-4-3-5-7-13)16(20)14-8-9-18-15(17)11-14/h3-9,11H,2,10,12H2,1H3. The van der Waals surface area contributed by atoms with Gasteiger partial charge in [-0.1, -0.05) is 37.3 Å². The van der Waals surface area contributed by atoms with E-state index in [2.05, 4.69) is 4.98 Å². The maximum absolute atomic E-state index is 13.1. The molecule has 0 aliphatic carbocycles. The van der Waals surface area contributed by atoms with Crippen LogP contribution in [0.5, 0.6) is 0 Å². The number of hydrogen-bond donors (Lipinski definition) is 0. The van der Waals surface area contributed by atoms with Gasteiger partial charge in [0, 0.05) is 30.9 Å². The van der Waals surface area contributed by atoms with Crippen molar-refractivity contribution < 1.29 is 9.18 Å². The summed E-state index contributed by atoms with van der Waals surface area (Å²) in [5.41, 5.74) is 1.39. The molecule has 0 saturated carbocycles. The highest BCUT2D eigenvalue weighted by Crippen LogP contribution is 2.11. The second kappa shape index (κ2) is 6.80. The normalized spacial score (nSPS) is 10.3. The van der Waals surface area contributed by atoms with E-state index in [-0.39, 0.29) is 5.91 Å². The van der Waals surface area contributed by atoms with Gasteiger partial charge in [-0.2, -0.15) is 4.39 Å². The van der Waals surface area contributed by atoms with Crippen LogP contribution >= 0.6 is 0 Å². The molecule has 0 aliphatic heterocycles. The first-order valence-electron chi connectivity index (χ1n) is 6.65. The average Bonchev–Trinajstić information content (AvgIpc) is 2.47. The molecule has 0 N–H and O–H groups in total. The second-order valence-electron chi connectivity index (χ2n) is 4.58. The predicted octanol–water partition coefficient (Wildman–Crippen LogP) is 3.27. The Hall–Kier alpha value is -2.23. The van der Waals surface area contributed by atoms with Crippen LogP contribution in [0.4, 0.5) is 4.39 Å². The fourth-order valence-corrected chi connectivity index (χ4v) is 2.04. The number of pyridine rings is 1. The number of benzene rings is 1. The molecule has 1 aromatic carbocycles. The zero-order valence-corrected chi connectivity index (χ0v) is 11.4. The van der Waals surface area contributed by atoms with Gasteiger partial charge >= 0.3 is 0 Å². The van der Waals surface area contributed by atoms with Gasteiger partial charge in [0.15, 0.2) is 0 Å². The van der Waals surface area contributed by atoms with E-state index in [1.54, 1.807) is 11.0 Å². The van der Waals surface area contributed by atoms with Crippen molar-refractivity contribution in [2.24, 2.45) is 0 Å². The van der Waals surface area contributed by atoms with Crippen molar-refractivity contribution in [3.8, 4) is 0 Å². The van der Waals surface area contributed by atoms with Crippen LogP contribution in [0.1, 0.15) is 29.3 Å². The molecule has 0 bridgehead atoms. The third-order valence-electron chi connectivity index (χ3n) is 2.97. The van der Waals surface area contributed by atoms with E-state index in [0.717, 1.165) is 12.0 Å². The van der Waals surface area contributed by atoms with Gasteiger partial charge in [-0.25, -0.2) is 4.98 Å². The molecule has 0 fully saturated rings. The minimum Gasteiger partial charge on any atom is -0.334 e. The predicted molar refractivity (Wildman–Crippen MR) is 75.7 cm³/mol. The van der Waals surface area contributed by atoms with Crippen molar-refractivity contribution in [2.75, 3.05) is 6.54 Å². The van der Waals surface area contributed by atoms with Crippen LogP contribution in [0, 0.1) is 5.95 Å². The van der Waals surface area contributed by atoms with Crippen LogP contribution in [-0.4, -0.2) is 22.3 Å². The largest absolute Gasteiger partial charge is 0.334 e. The molecule has 104 valence electrons. The molecule has 0 unspecified atom stereocenters. The number of rotatable bonds is 5. The molecule has 0 aliphatic rings. The SMILES string of the molecule is CCCN(Cc1ccccc1)C(=O)c1ccnc(F)c1. The van der Waals surface area contributed by atoms with Gasteiger partial charge in [0.2, 0.25) is 5.95 Å². The number of nitrogens with zero attached hydrogens (tertiary/aromatic N) is 2. The Morgan fingerprint density at radius 2 is 2.00 bits per heavy atom. The molecule has 1 amide bonds. The summed E-state index contributed by atoms with van der Waals surface area (Å²) in [4.78, 5) is 17.6. The molecular formula is C16H17FN2O. The van der Waals surface area contributed by atoms with Crippen LogP contribution in [0.2, 0.25) is 0 Å². The summed E-state index contributed by atoms with van der Waals surface area (Å²) in [5.74, 6) is -0.802. The summed E-state index contributed by atoms with van der Waals surface area (Å²) in [6.45, 7) is 3.17. The minimum absolute atomic E-state index is 0.169. The summed E-state index contributed by atoms with van der Waals surface area (Å²) in [7, 11) is 0. The smallest absolute Gasteiger partial charge is 0.254 e. The topological polar surface area (TPSA) is 33.2 Å². The molecule has 4 heteroatoms. The van der Waals surface area contributed by atoms with Crippen molar-refractivity contribution in [1.82, 2.24) is 9.88 Å². The monoisotopic (exact) mass is 272 g/mol. The lowest BCUT2D eigenvalue weighted by Crippen LogP contribution is -2.31. The number of amides is 1. The lowest BCUT2D eigenvalue weighted by atomic mass is 10.1. The van der Waals surface area contributed by atoms with Gasteiger partial charge in [-0.15, -0.1) is 0 Å². The number of carbonyl (C=O) groups excluding carboxylic acids is 1.